The number of ketones is 2. The molecular weight excluding hydrogens is 200 g/mol. The first-order valence-electron chi connectivity index (χ1n) is 6.43. The van der Waals surface area contributed by atoms with E-state index in [9.17, 15) is 9.59 Å². The SMILES string of the molecule is CC(=O)CCC1=C2CCCCC2CCC1=O. The Morgan fingerprint density at radius 2 is 2.06 bits per heavy atom. The third kappa shape index (κ3) is 2.42. The van der Waals surface area contributed by atoms with Gasteiger partial charge in [0.2, 0.25) is 0 Å². The second-order valence-corrected chi connectivity index (χ2v) is 5.11. The fraction of sp³-hybridized carbons (Fsp3) is 0.714. The van der Waals surface area contributed by atoms with Crippen molar-refractivity contribution in [2.45, 2.75) is 58.3 Å². The van der Waals surface area contributed by atoms with Crippen molar-refractivity contribution in [1.29, 1.82) is 0 Å². The van der Waals surface area contributed by atoms with E-state index in [0.717, 1.165) is 18.4 Å². The second kappa shape index (κ2) is 4.94. The summed E-state index contributed by atoms with van der Waals surface area (Å²) in [7, 11) is 0. The molecule has 0 heterocycles. The van der Waals surface area contributed by atoms with E-state index in [1.807, 2.05) is 0 Å². The Morgan fingerprint density at radius 3 is 2.81 bits per heavy atom. The van der Waals surface area contributed by atoms with Gasteiger partial charge >= 0.3 is 0 Å². The summed E-state index contributed by atoms with van der Waals surface area (Å²) < 4.78 is 0. The van der Waals surface area contributed by atoms with Crippen molar-refractivity contribution in [1.82, 2.24) is 0 Å². The molecule has 2 aliphatic carbocycles. The third-order valence-corrected chi connectivity index (χ3v) is 3.91. The van der Waals surface area contributed by atoms with E-state index in [2.05, 4.69) is 0 Å². The fourth-order valence-corrected chi connectivity index (χ4v) is 3.04. The van der Waals surface area contributed by atoms with Crippen LogP contribution >= 0.6 is 0 Å². The van der Waals surface area contributed by atoms with Crippen LogP contribution in [0, 0.1) is 5.92 Å². The summed E-state index contributed by atoms with van der Waals surface area (Å²) in [5.41, 5.74) is 2.43. The standard InChI is InChI=1S/C14H20O2/c1-10(15)6-8-13-12-5-3-2-4-11(12)7-9-14(13)16/h11H,2-9H2,1H3. The molecule has 0 aromatic rings. The highest BCUT2D eigenvalue weighted by Crippen LogP contribution is 2.39. The summed E-state index contributed by atoms with van der Waals surface area (Å²) in [6.45, 7) is 1.61. The molecule has 0 aromatic heterocycles. The molecule has 1 atom stereocenters. The van der Waals surface area contributed by atoms with E-state index in [0.29, 0.717) is 31.0 Å². The lowest BCUT2D eigenvalue weighted by molar-refractivity contribution is -0.117. The number of hydrogen-bond donors (Lipinski definition) is 0. The summed E-state index contributed by atoms with van der Waals surface area (Å²) in [4.78, 5) is 22.9. The van der Waals surface area contributed by atoms with Crippen molar-refractivity contribution in [2.24, 2.45) is 5.92 Å². The van der Waals surface area contributed by atoms with Gasteiger partial charge in [0.1, 0.15) is 5.78 Å². The molecular formula is C14H20O2. The van der Waals surface area contributed by atoms with Gasteiger partial charge in [-0.1, -0.05) is 12.0 Å². The molecule has 0 bridgehead atoms. The van der Waals surface area contributed by atoms with Gasteiger partial charge in [0.25, 0.3) is 0 Å². The Hall–Kier alpha value is -0.920. The van der Waals surface area contributed by atoms with Gasteiger partial charge in [0.15, 0.2) is 5.78 Å². The maximum Gasteiger partial charge on any atom is 0.158 e. The monoisotopic (exact) mass is 220 g/mol. The maximum atomic E-state index is 11.9. The van der Waals surface area contributed by atoms with Gasteiger partial charge < -0.3 is 4.79 Å². The number of allylic oxidation sites excluding steroid dienone is 2. The van der Waals surface area contributed by atoms with E-state index in [-0.39, 0.29) is 5.78 Å². The molecule has 2 nitrogen and oxygen atoms in total. The summed E-state index contributed by atoms with van der Waals surface area (Å²) in [6, 6.07) is 0. The van der Waals surface area contributed by atoms with Crippen LogP contribution in [0.1, 0.15) is 58.3 Å². The van der Waals surface area contributed by atoms with Crippen LogP contribution in [0.2, 0.25) is 0 Å². The van der Waals surface area contributed by atoms with Crippen LogP contribution in [0.5, 0.6) is 0 Å². The zero-order chi connectivity index (χ0) is 11.5. The number of rotatable bonds is 3. The normalized spacial score (nSPS) is 25.6. The summed E-state index contributed by atoms with van der Waals surface area (Å²) in [5, 5.41) is 0. The summed E-state index contributed by atoms with van der Waals surface area (Å²) >= 11 is 0. The number of fused-ring (bicyclic) bond motifs is 1. The van der Waals surface area contributed by atoms with E-state index >= 15 is 0 Å². The minimum atomic E-state index is 0.193. The number of carbonyl (C=O) groups is 2. The molecule has 0 radical (unpaired) electrons. The van der Waals surface area contributed by atoms with Crippen molar-refractivity contribution in [3.63, 3.8) is 0 Å². The molecule has 1 saturated carbocycles. The van der Waals surface area contributed by atoms with Crippen molar-refractivity contribution in [3.05, 3.63) is 11.1 Å². The number of Topliss-reactive ketones (excluding diaryl/α,β-unsaturated/α-hetero) is 2. The highest BCUT2D eigenvalue weighted by Gasteiger charge is 2.29. The molecule has 2 aliphatic rings. The highest BCUT2D eigenvalue weighted by atomic mass is 16.1. The van der Waals surface area contributed by atoms with Crippen LogP contribution in [0.3, 0.4) is 0 Å². The van der Waals surface area contributed by atoms with Crippen LogP contribution in [0.15, 0.2) is 11.1 Å². The van der Waals surface area contributed by atoms with Crippen LogP contribution in [-0.2, 0) is 9.59 Å². The predicted molar refractivity (Wildman–Crippen MR) is 63.1 cm³/mol. The Balaban J connectivity index is 2.17. The topological polar surface area (TPSA) is 34.1 Å². The third-order valence-electron chi connectivity index (χ3n) is 3.91. The molecule has 2 rings (SSSR count). The van der Waals surface area contributed by atoms with E-state index < -0.39 is 0 Å². The smallest absolute Gasteiger partial charge is 0.158 e. The minimum Gasteiger partial charge on any atom is -0.300 e. The van der Waals surface area contributed by atoms with Gasteiger partial charge in [-0.2, -0.15) is 0 Å². The first-order valence-corrected chi connectivity index (χ1v) is 6.43. The van der Waals surface area contributed by atoms with Gasteiger partial charge in [-0.3, -0.25) is 4.79 Å². The van der Waals surface area contributed by atoms with Crippen LogP contribution in [0.4, 0.5) is 0 Å². The molecule has 0 aliphatic heterocycles. The zero-order valence-corrected chi connectivity index (χ0v) is 10.1. The Kier molecular flexibility index (Phi) is 3.57. The minimum absolute atomic E-state index is 0.193. The highest BCUT2D eigenvalue weighted by molar-refractivity contribution is 5.97. The Morgan fingerprint density at radius 1 is 1.25 bits per heavy atom. The fourth-order valence-electron chi connectivity index (χ4n) is 3.04. The largest absolute Gasteiger partial charge is 0.300 e. The number of carbonyl (C=O) groups excluding carboxylic acids is 2. The lowest BCUT2D eigenvalue weighted by Gasteiger charge is -2.31. The number of hydrogen-bond acceptors (Lipinski definition) is 2. The molecule has 1 fully saturated rings. The van der Waals surface area contributed by atoms with Gasteiger partial charge in [-0.25, -0.2) is 0 Å². The first kappa shape index (κ1) is 11.6. The van der Waals surface area contributed by atoms with Gasteiger partial charge in [0.05, 0.1) is 0 Å². The quantitative estimate of drug-likeness (QED) is 0.732. The molecule has 0 spiro atoms. The van der Waals surface area contributed by atoms with Gasteiger partial charge in [0, 0.05) is 12.8 Å². The second-order valence-electron chi connectivity index (χ2n) is 5.11. The molecule has 88 valence electrons. The van der Waals surface area contributed by atoms with E-state index in [1.54, 1.807) is 6.92 Å². The molecule has 2 heteroatoms. The molecule has 1 unspecified atom stereocenters. The van der Waals surface area contributed by atoms with Crippen LogP contribution < -0.4 is 0 Å². The average molecular weight is 220 g/mol. The average Bonchev–Trinajstić information content (AvgIpc) is 2.27. The summed E-state index contributed by atoms with van der Waals surface area (Å²) in [6.07, 6.45) is 7.89. The summed E-state index contributed by atoms with van der Waals surface area (Å²) in [5.74, 6) is 1.17. The van der Waals surface area contributed by atoms with Crippen LogP contribution in [0.25, 0.3) is 0 Å². The molecule has 0 N–H and O–H groups in total. The maximum absolute atomic E-state index is 11.9. The molecule has 16 heavy (non-hydrogen) atoms. The first-order chi connectivity index (χ1) is 7.68. The van der Waals surface area contributed by atoms with Crippen molar-refractivity contribution >= 4 is 11.6 Å². The van der Waals surface area contributed by atoms with E-state index in [4.69, 9.17) is 0 Å². The molecule has 0 saturated heterocycles. The van der Waals surface area contributed by atoms with Crippen molar-refractivity contribution < 1.29 is 9.59 Å². The predicted octanol–water partition coefficient (Wildman–Crippen LogP) is 3.21. The van der Waals surface area contributed by atoms with Gasteiger partial charge in [-0.15, -0.1) is 0 Å². The van der Waals surface area contributed by atoms with Gasteiger partial charge in [-0.05, 0) is 50.5 Å². The van der Waals surface area contributed by atoms with Crippen LogP contribution in [-0.4, -0.2) is 11.6 Å². The van der Waals surface area contributed by atoms with Crippen molar-refractivity contribution in [2.75, 3.05) is 0 Å². The lowest BCUT2D eigenvalue weighted by Crippen LogP contribution is -2.22. The lowest BCUT2D eigenvalue weighted by atomic mass is 9.73. The van der Waals surface area contributed by atoms with Crippen molar-refractivity contribution in [3.8, 4) is 0 Å². The van der Waals surface area contributed by atoms with E-state index in [1.165, 1.54) is 24.8 Å². The Bertz CT molecular complexity index is 339. The Labute approximate surface area is 97.1 Å². The molecule has 0 amide bonds. The molecule has 0 aromatic carbocycles. The zero-order valence-electron chi connectivity index (χ0n) is 10.1.